The van der Waals surface area contributed by atoms with Crippen LogP contribution >= 0.6 is 0 Å². The maximum absolute atomic E-state index is 11.7. The van der Waals surface area contributed by atoms with Crippen molar-refractivity contribution < 1.29 is 28.5 Å². The molecule has 1 aliphatic rings. The minimum atomic E-state index is -0.815. The zero-order chi connectivity index (χ0) is 17.5. The predicted octanol–water partition coefficient (Wildman–Crippen LogP) is 2.50. The lowest BCUT2D eigenvalue weighted by Crippen LogP contribution is -2.26. The number of carbonyl (C=O) groups excluding carboxylic acids is 2. The van der Waals surface area contributed by atoms with Gasteiger partial charge in [-0.15, -0.1) is 0 Å². The third kappa shape index (κ3) is 4.97. The van der Waals surface area contributed by atoms with Crippen molar-refractivity contribution in [2.75, 3.05) is 13.2 Å². The van der Waals surface area contributed by atoms with Crippen molar-refractivity contribution in [1.82, 2.24) is 0 Å². The molecule has 25 heavy (non-hydrogen) atoms. The Morgan fingerprint density at radius 1 is 1.00 bits per heavy atom. The number of esters is 2. The van der Waals surface area contributed by atoms with E-state index in [1.54, 1.807) is 24.3 Å². The molecule has 0 N–H and O–H groups in total. The van der Waals surface area contributed by atoms with Crippen LogP contribution in [0.3, 0.4) is 0 Å². The van der Waals surface area contributed by atoms with Crippen LogP contribution in [0.4, 0.5) is 0 Å². The average molecular weight is 342 g/mol. The normalized spacial score (nSPS) is 16.2. The van der Waals surface area contributed by atoms with E-state index in [0.29, 0.717) is 24.5 Å². The van der Waals surface area contributed by atoms with Gasteiger partial charge in [0.1, 0.15) is 18.1 Å². The zero-order valence-corrected chi connectivity index (χ0v) is 13.6. The molecular weight excluding hydrogens is 324 g/mol. The summed E-state index contributed by atoms with van der Waals surface area (Å²) >= 11 is 0. The Morgan fingerprint density at radius 2 is 1.68 bits per heavy atom. The van der Waals surface area contributed by atoms with Crippen LogP contribution in [-0.2, 0) is 25.7 Å². The number of benzene rings is 2. The van der Waals surface area contributed by atoms with Gasteiger partial charge in [0.05, 0.1) is 6.61 Å². The van der Waals surface area contributed by atoms with Crippen molar-refractivity contribution in [2.45, 2.75) is 19.1 Å². The molecule has 0 aromatic heterocycles. The van der Waals surface area contributed by atoms with Crippen LogP contribution < -0.4 is 9.47 Å². The largest absolute Gasteiger partial charge is 0.489 e. The van der Waals surface area contributed by atoms with E-state index in [0.717, 1.165) is 5.56 Å². The van der Waals surface area contributed by atoms with Crippen molar-refractivity contribution in [3.05, 3.63) is 60.2 Å². The topological polar surface area (TPSA) is 71.1 Å². The highest BCUT2D eigenvalue weighted by Crippen LogP contribution is 2.19. The van der Waals surface area contributed by atoms with Gasteiger partial charge in [0.25, 0.3) is 0 Å². The van der Waals surface area contributed by atoms with E-state index in [-0.39, 0.29) is 13.2 Å². The Labute approximate surface area is 145 Å². The first-order valence-corrected chi connectivity index (χ1v) is 7.96. The molecule has 0 aliphatic carbocycles. The van der Waals surface area contributed by atoms with E-state index in [1.165, 1.54) is 0 Å². The highest BCUT2D eigenvalue weighted by molar-refractivity contribution is 5.81. The molecule has 6 heteroatoms. The van der Waals surface area contributed by atoms with Gasteiger partial charge in [-0.1, -0.05) is 30.3 Å². The molecule has 2 aromatic rings. The van der Waals surface area contributed by atoms with Crippen molar-refractivity contribution in [2.24, 2.45) is 0 Å². The molecule has 0 bridgehead atoms. The lowest BCUT2D eigenvalue weighted by Gasteiger charge is -2.10. The maximum Gasteiger partial charge on any atom is 0.347 e. The highest BCUT2D eigenvalue weighted by Gasteiger charge is 2.30. The van der Waals surface area contributed by atoms with Crippen LogP contribution in [0.5, 0.6) is 11.5 Å². The molecule has 1 heterocycles. The first-order chi connectivity index (χ1) is 12.2. The van der Waals surface area contributed by atoms with Gasteiger partial charge in [-0.05, 0) is 29.8 Å². The van der Waals surface area contributed by atoms with E-state index >= 15 is 0 Å². The molecular formula is C19H18O6. The SMILES string of the molecule is O=C(COc1ccc(OCc2ccccc2)cc1)O[C@@H]1CCOC1=O. The Kier molecular flexibility index (Phi) is 5.51. The number of cyclic esters (lactones) is 1. The summed E-state index contributed by atoms with van der Waals surface area (Å²) in [7, 11) is 0. The van der Waals surface area contributed by atoms with Gasteiger partial charge in [-0.3, -0.25) is 0 Å². The zero-order valence-electron chi connectivity index (χ0n) is 13.6. The molecule has 1 aliphatic heterocycles. The molecule has 1 atom stereocenters. The maximum atomic E-state index is 11.7. The molecule has 0 radical (unpaired) electrons. The average Bonchev–Trinajstić information content (AvgIpc) is 3.04. The minimum Gasteiger partial charge on any atom is -0.489 e. The fourth-order valence-electron chi connectivity index (χ4n) is 2.29. The number of ether oxygens (including phenoxy) is 4. The lowest BCUT2D eigenvalue weighted by atomic mass is 10.2. The third-order valence-electron chi connectivity index (χ3n) is 3.59. The Hall–Kier alpha value is -3.02. The minimum absolute atomic E-state index is 0.270. The van der Waals surface area contributed by atoms with E-state index in [2.05, 4.69) is 0 Å². The van der Waals surface area contributed by atoms with Crippen LogP contribution in [0, 0.1) is 0 Å². The lowest BCUT2D eigenvalue weighted by molar-refractivity contribution is -0.161. The highest BCUT2D eigenvalue weighted by atomic mass is 16.6. The van der Waals surface area contributed by atoms with Crippen molar-refractivity contribution in [1.29, 1.82) is 0 Å². The van der Waals surface area contributed by atoms with E-state index in [1.807, 2.05) is 30.3 Å². The summed E-state index contributed by atoms with van der Waals surface area (Å²) in [4.78, 5) is 22.9. The van der Waals surface area contributed by atoms with Gasteiger partial charge in [0, 0.05) is 6.42 Å². The van der Waals surface area contributed by atoms with Gasteiger partial charge < -0.3 is 18.9 Å². The summed E-state index contributed by atoms with van der Waals surface area (Å²) in [5.41, 5.74) is 1.08. The number of hydrogen-bond donors (Lipinski definition) is 0. The van der Waals surface area contributed by atoms with E-state index < -0.39 is 18.0 Å². The third-order valence-corrected chi connectivity index (χ3v) is 3.59. The summed E-state index contributed by atoms with van der Waals surface area (Å²) in [6, 6.07) is 16.8. The quantitative estimate of drug-likeness (QED) is 0.720. The summed E-state index contributed by atoms with van der Waals surface area (Å²) in [6.07, 6.45) is -0.428. The van der Waals surface area contributed by atoms with Crippen molar-refractivity contribution in [3.63, 3.8) is 0 Å². The Morgan fingerprint density at radius 3 is 2.32 bits per heavy atom. The summed E-state index contributed by atoms with van der Waals surface area (Å²) in [5, 5.41) is 0. The van der Waals surface area contributed by atoms with Crippen LogP contribution in [0.15, 0.2) is 54.6 Å². The van der Waals surface area contributed by atoms with Crippen molar-refractivity contribution in [3.8, 4) is 11.5 Å². The summed E-state index contributed by atoms with van der Waals surface area (Å²) < 4.78 is 20.7. The van der Waals surface area contributed by atoms with Crippen molar-refractivity contribution >= 4 is 11.9 Å². The van der Waals surface area contributed by atoms with Gasteiger partial charge in [-0.2, -0.15) is 0 Å². The predicted molar refractivity (Wildman–Crippen MR) is 88.2 cm³/mol. The number of carbonyl (C=O) groups is 2. The standard InChI is InChI=1S/C19H18O6/c20-18(25-17-10-11-22-19(17)21)13-24-16-8-6-15(7-9-16)23-12-14-4-2-1-3-5-14/h1-9,17H,10-13H2/t17-/m1/s1. The molecule has 130 valence electrons. The first-order valence-electron chi connectivity index (χ1n) is 7.96. The first kappa shape index (κ1) is 16.8. The smallest absolute Gasteiger partial charge is 0.347 e. The number of hydrogen-bond acceptors (Lipinski definition) is 6. The molecule has 0 amide bonds. The molecule has 1 saturated heterocycles. The summed E-state index contributed by atoms with van der Waals surface area (Å²) in [6.45, 7) is 0.487. The summed E-state index contributed by atoms with van der Waals surface area (Å²) in [5.74, 6) is 0.104. The van der Waals surface area contributed by atoms with Crippen LogP contribution in [-0.4, -0.2) is 31.3 Å². The second-order valence-electron chi connectivity index (χ2n) is 5.47. The fraction of sp³-hybridized carbons (Fsp3) is 0.263. The Bertz CT molecular complexity index is 710. The molecule has 0 spiro atoms. The van der Waals surface area contributed by atoms with Crippen LogP contribution in [0.2, 0.25) is 0 Å². The number of rotatable bonds is 7. The van der Waals surface area contributed by atoms with E-state index in [4.69, 9.17) is 18.9 Å². The molecule has 0 saturated carbocycles. The second kappa shape index (κ2) is 8.19. The monoisotopic (exact) mass is 342 g/mol. The van der Waals surface area contributed by atoms with Gasteiger partial charge in [0.2, 0.25) is 6.10 Å². The Balaban J connectivity index is 1.42. The molecule has 3 rings (SSSR count). The second-order valence-corrected chi connectivity index (χ2v) is 5.47. The van der Waals surface area contributed by atoms with Gasteiger partial charge in [-0.25, -0.2) is 9.59 Å². The van der Waals surface area contributed by atoms with Gasteiger partial charge in [0.15, 0.2) is 6.61 Å². The molecule has 1 fully saturated rings. The fourth-order valence-corrected chi connectivity index (χ4v) is 2.29. The van der Waals surface area contributed by atoms with Gasteiger partial charge >= 0.3 is 11.9 Å². The molecule has 6 nitrogen and oxygen atoms in total. The van der Waals surface area contributed by atoms with Crippen LogP contribution in [0.1, 0.15) is 12.0 Å². The van der Waals surface area contributed by atoms with E-state index in [9.17, 15) is 9.59 Å². The molecule has 0 unspecified atom stereocenters. The molecule has 2 aromatic carbocycles. The van der Waals surface area contributed by atoms with Crippen LogP contribution in [0.25, 0.3) is 0 Å².